The van der Waals surface area contributed by atoms with E-state index in [1.807, 2.05) is 18.1 Å². The second kappa shape index (κ2) is 37.5. The second-order valence-corrected chi connectivity index (χ2v) is 14.6. The first-order chi connectivity index (χ1) is 27.8. The molecule has 0 spiro atoms. The fourth-order valence-electron chi connectivity index (χ4n) is 5.79. The second-order valence-electron chi connectivity index (χ2n) is 14.6. The molecule has 0 bridgehead atoms. The van der Waals surface area contributed by atoms with Crippen molar-refractivity contribution < 1.29 is 55.5 Å². The molecule has 8 unspecified atom stereocenters. The van der Waals surface area contributed by atoms with E-state index >= 15 is 0 Å². The number of carboxylic acids is 1. The lowest BCUT2D eigenvalue weighted by Gasteiger charge is -2.11. The van der Waals surface area contributed by atoms with Crippen LogP contribution in [-0.2, 0) is 9.59 Å². The summed E-state index contributed by atoms with van der Waals surface area (Å²) < 4.78 is 0. The summed E-state index contributed by atoms with van der Waals surface area (Å²) in [7, 11) is 0. The predicted octanol–water partition coefficient (Wildman–Crippen LogP) is 4.81. The molecule has 0 fully saturated rings. The summed E-state index contributed by atoms with van der Waals surface area (Å²) in [6, 6.07) is 0. The van der Waals surface area contributed by atoms with E-state index in [2.05, 4.69) is 35.5 Å². The van der Waals surface area contributed by atoms with Crippen LogP contribution in [0.3, 0.4) is 0 Å². The van der Waals surface area contributed by atoms with E-state index in [9.17, 15) is 50.4 Å². The van der Waals surface area contributed by atoms with Crippen LogP contribution in [-0.4, -0.2) is 107 Å². The number of aliphatic hydroxyl groups is 8. The minimum atomic E-state index is -1.31. The van der Waals surface area contributed by atoms with Gasteiger partial charge in [0.15, 0.2) is 11.9 Å². The van der Waals surface area contributed by atoms with Gasteiger partial charge >= 0.3 is 5.97 Å². The van der Waals surface area contributed by atoms with Crippen molar-refractivity contribution in [3.63, 3.8) is 0 Å². The number of aliphatic carboxylic acids is 1. The van der Waals surface area contributed by atoms with Crippen molar-refractivity contribution in [2.45, 2.75) is 197 Å². The van der Waals surface area contributed by atoms with Gasteiger partial charge in [-0.05, 0) is 63.9 Å². The molecule has 0 saturated carbocycles. The Bertz CT molecular complexity index is 1410. The zero-order valence-corrected chi connectivity index (χ0v) is 34.3. The number of Topliss-reactive ketones (excluding diaryl/α,β-unsaturated/α-hetero) is 1. The minimum absolute atomic E-state index is 0.0669. The van der Waals surface area contributed by atoms with Gasteiger partial charge in [0.25, 0.3) is 0 Å². The van der Waals surface area contributed by atoms with Crippen molar-refractivity contribution in [2.75, 3.05) is 0 Å². The van der Waals surface area contributed by atoms with Crippen LogP contribution in [0.25, 0.3) is 0 Å². The van der Waals surface area contributed by atoms with Crippen molar-refractivity contribution in [2.24, 2.45) is 0 Å². The van der Waals surface area contributed by atoms with E-state index in [1.54, 1.807) is 12.2 Å². The highest BCUT2D eigenvalue weighted by molar-refractivity contribution is 5.86. The number of carbonyl (C=O) groups excluding carboxylic acids is 1. The Morgan fingerprint density at radius 2 is 1.07 bits per heavy atom. The largest absolute Gasteiger partial charge is 0.472 e. The monoisotopic (exact) mass is 810 g/mol. The predicted molar refractivity (Wildman–Crippen MR) is 226 cm³/mol. The third-order valence-corrected chi connectivity index (χ3v) is 9.15. The molecule has 58 heavy (non-hydrogen) atoms. The summed E-state index contributed by atoms with van der Waals surface area (Å²) in [6.45, 7) is 0. The lowest BCUT2D eigenvalue weighted by Crippen LogP contribution is -2.19. The molecule has 0 heterocycles. The van der Waals surface area contributed by atoms with Crippen molar-refractivity contribution in [3.05, 3.63) is 36.5 Å². The van der Waals surface area contributed by atoms with Crippen LogP contribution in [0.2, 0.25) is 0 Å². The number of ketones is 1. The number of allylic oxidation sites excluding steroid dienone is 2. The van der Waals surface area contributed by atoms with Crippen LogP contribution in [0.4, 0.5) is 0 Å². The smallest absolute Gasteiger partial charge is 0.381 e. The molecular formula is C47H70O11. The first kappa shape index (κ1) is 54.3. The van der Waals surface area contributed by atoms with Crippen molar-refractivity contribution in [1.29, 1.82) is 0 Å². The van der Waals surface area contributed by atoms with Crippen LogP contribution in [0.5, 0.6) is 0 Å². The van der Waals surface area contributed by atoms with Crippen LogP contribution < -0.4 is 0 Å². The molecule has 0 aliphatic rings. The van der Waals surface area contributed by atoms with Crippen molar-refractivity contribution in [1.82, 2.24) is 0 Å². The summed E-state index contributed by atoms with van der Waals surface area (Å²) >= 11 is 0. The van der Waals surface area contributed by atoms with Gasteiger partial charge in [0.2, 0.25) is 0 Å². The summed E-state index contributed by atoms with van der Waals surface area (Å²) in [4.78, 5) is 22.7. The Morgan fingerprint density at radius 3 is 1.66 bits per heavy atom. The molecule has 0 aromatic rings. The molecule has 0 aliphatic heterocycles. The lowest BCUT2D eigenvalue weighted by molar-refractivity contribution is -0.130. The van der Waals surface area contributed by atoms with Gasteiger partial charge in [-0.3, -0.25) is 4.79 Å². The zero-order chi connectivity index (χ0) is 43.2. The molecule has 11 nitrogen and oxygen atoms in total. The van der Waals surface area contributed by atoms with E-state index in [-0.39, 0.29) is 25.0 Å². The minimum Gasteiger partial charge on any atom is -0.472 e. The van der Waals surface area contributed by atoms with E-state index in [0.29, 0.717) is 38.5 Å². The van der Waals surface area contributed by atoms with Gasteiger partial charge in [-0.2, -0.15) is 0 Å². The first-order valence-electron chi connectivity index (χ1n) is 21.0. The molecule has 11 heteroatoms. The van der Waals surface area contributed by atoms with Crippen LogP contribution >= 0.6 is 0 Å². The molecular weight excluding hydrogens is 741 g/mol. The van der Waals surface area contributed by atoms with E-state index in [1.165, 1.54) is 37.8 Å². The highest BCUT2D eigenvalue weighted by Gasteiger charge is 2.14. The molecule has 0 rings (SSSR count). The van der Waals surface area contributed by atoms with E-state index in [4.69, 9.17) is 11.5 Å². The molecule has 9 N–H and O–H groups in total. The number of carbonyl (C=O) groups is 2. The molecule has 0 aliphatic carbocycles. The number of unbranched alkanes of at least 4 members (excludes halogenated alkanes) is 13. The van der Waals surface area contributed by atoms with Crippen LogP contribution in [0, 0.1) is 47.9 Å². The highest BCUT2D eigenvalue weighted by Crippen LogP contribution is 2.15. The fraction of sp³-hybridized carbons (Fsp3) is 0.660. The van der Waals surface area contributed by atoms with Gasteiger partial charge in [-0.1, -0.05) is 137 Å². The number of aliphatic hydroxyl groups excluding tert-OH is 8. The fourth-order valence-corrected chi connectivity index (χ4v) is 5.79. The normalized spacial score (nSPS) is 15.5. The zero-order valence-electron chi connectivity index (χ0n) is 34.3. The van der Waals surface area contributed by atoms with Gasteiger partial charge in [-0.25, -0.2) is 4.79 Å². The van der Waals surface area contributed by atoms with Crippen LogP contribution in [0.1, 0.15) is 148 Å². The maximum Gasteiger partial charge on any atom is 0.381 e. The van der Waals surface area contributed by atoms with Crippen molar-refractivity contribution >= 4 is 11.8 Å². The summed E-state index contributed by atoms with van der Waals surface area (Å²) in [5.74, 6) is 14.8. The topological polar surface area (TPSA) is 216 Å². The average Bonchev–Trinajstić information content (AvgIpc) is 3.19. The first-order valence-corrected chi connectivity index (χ1v) is 21.0. The Hall–Kier alpha value is -3.72. The molecule has 0 amide bonds. The molecule has 0 aromatic carbocycles. The van der Waals surface area contributed by atoms with Gasteiger partial charge in [-0.15, -0.1) is 6.42 Å². The number of carboxylic acid groups (broad SMARTS) is 1. The number of hydrogen-bond donors (Lipinski definition) is 9. The van der Waals surface area contributed by atoms with Crippen LogP contribution in [0.15, 0.2) is 36.5 Å². The molecule has 324 valence electrons. The Balaban J connectivity index is 3.82. The molecule has 0 radical (unpaired) electrons. The summed E-state index contributed by atoms with van der Waals surface area (Å²) in [5.41, 5.74) is 0. The average molecular weight is 811 g/mol. The number of rotatable bonds is 32. The lowest BCUT2D eigenvalue weighted by atomic mass is 10.0. The van der Waals surface area contributed by atoms with Gasteiger partial charge in [0, 0.05) is 25.2 Å². The summed E-state index contributed by atoms with van der Waals surface area (Å²) in [5, 5.41) is 87.2. The number of terminal acetylenes is 1. The third-order valence-electron chi connectivity index (χ3n) is 9.15. The van der Waals surface area contributed by atoms with E-state index < -0.39 is 54.8 Å². The molecule has 8 atom stereocenters. The van der Waals surface area contributed by atoms with E-state index in [0.717, 1.165) is 64.2 Å². The maximum atomic E-state index is 12.3. The Morgan fingerprint density at radius 1 is 0.534 bits per heavy atom. The van der Waals surface area contributed by atoms with Crippen molar-refractivity contribution in [3.8, 4) is 47.9 Å². The molecule has 0 saturated heterocycles. The SMILES string of the molecule is C#CC(O)C=CC(O)CC=CCC(O)C#CC(O)C#CC(O)CCCC=CCCCC(O)C(=O)CCCCCCCCCCCCCCC(O)CC(O)C#CC(=O)O. The van der Waals surface area contributed by atoms with Gasteiger partial charge in [0.05, 0.1) is 12.2 Å². The van der Waals surface area contributed by atoms with Gasteiger partial charge in [0.1, 0.15) is 30.5 Å². The third kappa shape index (κ3) is 36.6. The quantitative estimate of drug-likeness (QED) is 0.0255. The molecule has 0 aromatic heterocycles. The maximum absolute atomic E-state index is 12.3. The Kier molecular flexibility index (Phi) is 35.1. The van der Waals surface area contributed by atoms with Gasteiger partial charge < -0.3 is 46.0 Å². The Labute approximate surface area is 347 Å². The number of hydrogen-bond acceptors (Lipinski definition) is 10. The standard InChI is InChI=1S/C47H70O11/c1-2-38(48)29-30-40(50)24-21-22-25-41(51)32-34-42(52)33-31-39(49)23-17-13-11-12-16-20-28-46(56)45(55)27-19-15-10-8-6-4-3-5-7-9-14-18-26-43(53)37-44(54)35-36-47(57)58/h1,11-12,21-22,29-30,38-44,46,48-54,56H,3-10,13-20,23-28,37H2,(H,57,58). The highest BCUT2D eigenvalue weighted by atomic mass is 16.4. The summed E-state index contributed by atoms with van der Waals surface area (Å²) in [6.07, 6.45) is 25.4.